The minimum Gasteiger partial charge on any atom is -0.469 e. The third kappa shape index (κ3) is 2.58. The van der Waals surface area contributed by atoms with Crippen molar-refractivity contribution in [1.29, 1.82) is 0 Å². The summed E-state index contributed by atoms with van der Waals surface area (Å²) in [5, 5.41) is 0. The lowest BCUT2D eigenvalue weighted by atomic mass is 9.73. The molecule has 2 aliphatic rings. The van der Waals surface area contributed by atoms with Crippen molar-refractivity contribution in [3.63, 3.8) is 0 Å². The molecule has 0 aromatic heterocycles. The zero-order valence-electron chi connectivity index (χ0n) is 10.4. The highest BCUT2D eigenvalue weighted by Crippen LogP contribution is 2.41. The molecule has 1 atom stereocenters. The Bertz CT molecular complexity index is 225. The van der Waals surface area contributed by atoms with Crippen molar-refractivity contribution in [2.75, 3.05) is 7.11 Å². The van der Waals surface area contributed by atoms with E-state index in [0.717, 1.165) is 0 Å². The lowest BCUT2D eigenvalue weighted by molar-refractivity contribution is -0.150. The van der Waals surface area contributed by atoms with Crippen LogP contribution >= 0.6 is 0 Å². The average molecular weight is 224 g/mol. The average Bonchev–Trinajstić information content (AvgIpc) is 2.84. The highest BCUT2D eigenvalue weighted by atomic mass is 16.5. The van der Waals surface area contributed by atoms with Gasteiger partial charge < -0.3 is 4.74 Å². The van der Waals surface area contributed by atoms with E-state index in [2.05, 4.69) is 0 Å². The smallest absolute Gasteiger partial charge is 0.309 e. The molecule has 1 unspecified atom stereocenters. The van der Waals surface area contributed by atoms with Gasteiger partial charge in [0.1, 0.15) is 0 Å². The van der Waals surface area contributed by atoms with Crippen LogP contribution in [0.2, 0.25) is 0 Å². The lowest BCUT2D eigenvalue weighted by Crippen LogP contribution is -2.32. The Hall–Kier alpha value is -0.530. The van der Waals surface area contributed by atoms with E-state index in [1.807, 2.05) is 0 Å². The maximum Gasteiger partial charge on any atom is 0.309 e. The third-order valence-electron chi connectivity index (χ3n) is 4.54. The molecule has 2 saturated carbocycles. The van der Waals surface area contributed by atoms with Gasteiger partial charge in [-0.15, -0.1) is 0 Å². The van der Waals surface area contributed by atoms with Crippen LogP contribution in [0.25, 0.3) is 0 Å². The molecule has 2 aliphatic carbocycles. The summed E-state index contributed by atoms with van der Waals surface area (Å²) >= 11 is 0. The Kier molecular flexibility index (Phi) is 4.25. The molecule has 0 bridgehead atoms. The van der Waals surface area contributed by atoms with Gasteiger partial charge in [0.25, 0.3) is 0 Å². The topological polar surface area (TPSA) is 26.3 Å². The van der Waals surface area contributed by atoms with Gasteiger partial charge in [0.2, 0.25) is 0 Å². The SMILES string of the molecule is COC(=O)C(C1CCCCC1)C1CCCC1. The van der Waals surface area contributed by atoms with Crippen molar-refractivity contribution in [3.8, 4) is 0 Å². The monoisotopic (exact) mass is 224 g/mol. The summed E-state index contributed by atoms with van der Waals surface area (Å²) in [6, 6.07) is 0. The van der Waals surface area contributed by atoms with Crippen molar-refractivity contribution in [1.82, 2.24) is 0 Å². The molecule has 0 aromatic rings. The second-order valence-corrected chi connectivity index (χ2v) is 5.49. The first-order valence-electron chi connectivity index (χ1n) is 6.90. The first kappa shape index (κ1) is 11.9. The Morgan fingerprint density at radius 3 is 1.81 bits per heavy atom. The highest BCUT2D eigenvalue weighted by Gasteiger charge is 2.37. The van der Waals surface area contributed by atoms with Gasteiger partial charge in [0.05, 0.1) is 13.0 Å². The molecule has 2 heteroatoms. The van der Waals surface area contributed by atoms with Crippen LogP contribution in [-0.2, 0) is 9.53 Å². The van der Waals surface area contributed by atoms with Crippen molar-refractivity contribution in [2.24, 2.45) is 17.8 Å². The van der Waals surface area contributed by atoms with E-state index in [4.69, 9.17) is 4.74 Å². The zero-order valence-corrected chi connectivity index (χ0v) is 10.4. The summed E-state index contributed by atoms with van der Waals surface area (Å²) in [6.45, 7) is 0. The zero-order chi connectivity index (χ0) is 11.4. The molecule has 16 heavy (non-hydrogen) atoms. The lowest BCUT2D eigenvalue weighted by Gasteiger charge is -2.32. The Labute approximate surface area is 98.7 Å². The second-order valence-electron chi connectivity index (χ2n) is 5.49. The van der Waals surface area contributed by atoms with Crippen molar-refractivity contribution in [2.45, 2.75) is 57.8 Å². The molecule has 92 valence electrons. The minimum absolute atomic E-state index is 0.0683. The van der Waals surface area contributed by atoms with Gasteiger partial charge in [-0.2, -0.15) is 0 Å². The summed E-state index contributed by atoms with van der Waals surface area (Å²) in [4.78, 5) is 12.0. The van der Waals surface area contributed by atoms with Gasteiger partial charge in [-0.3, -0.25) is 4.79 Å². The fraction of sp³-hybridized carbons (Fsp3) is 0.929. The second kappa shape index (κ2) is 5.70. The molecule has 0 amide bonds. The van der Waals surface area contributed by atoms with Crippen LogP contribution in [0.15, 0.2) is 0 Å². The number of carbonyl (C=O) groups excluding carboxylic acids is 1. The molecule has 0 saturated heterocycles. The first-order chi connectivity index (χ1) is 7.83. The number of carbonyl (C=O) groups is 1. The molecular weight excluding hydrogens is 200 g/mol. The fourth-order valence-electron chi connectivity index (χ4n) is 3.72. The van der Waals surface area contributed by atoms with Crippen LogP contribution in [0.1, 0.15) is 57.8 Å². The number of hydrogen-bond donors (Lipinski definition) is 0. The van der Waals surface area contributed by atoms with E-state index in [-0.39, 0.29) is 11.9 Å². The quantitative estimate of drug-likeness (QED) is 0.685. The van der Waals surface area contributed by atoms with Crippen LogP contribution in [0.3, 0.4) is 0 Å². The number of hydrogen-bond acceptors (Lipinski definition) is 2. The molecule has 0 heterocycles. The summed E-state index contributed by atoms with van der Waals surface area (Å²) in [7, 11) is 1.55. The molecule has 0 aliphatic heterocycles. The van der Waals surface area contributed by atoms with E-state index >= 15 is 0 Å². The van der Waals surface area contributed by atoms with Crippen molar-refractivity contribution >= 4 is 5.97 Å². The van der Waals surface area contributed by atoms with Crippen molar-refractivity contribution in [3.05, 3.63) is 0 Å². The largest absolute Gasteiger partial charge is 0.469 e. The van der Waals surface area contributed by atoms with E-state index in [9.17, 15) is 4.79 Å². The Morgan fingerprint density at radius 2 is 1.38 bits per heavy atom. The van der Waals surface area contributed by atoms with Gasteiger partial charge in [-0.25, -0.2) is 0 Å². The summed E-state index contributed by atoms with van der Waals surface area (Å²) in [6.07, 6.45) is 11.6. The number of methoxy groups -OCH3 is 1. The molecule has 2 fully saturated rings. The molecule has 2 nitrogen and oxygen atoms in total. The van der Waals surface area contributed by atoms with Gasteiger partial charge in [0.15, 0.2) is 0 Å². The molecule has 0 N–H and O–H groups in total. The highest BCUT2D eigenvalue weighted by molar-refractivity contribution is 5.73. The fourth-order valence-corrected chi connectivity index (χ4v) is 3.72. The molecular formula is C14H24O2. The number of esters is 1. The van der Waals surface area contributed by atoms with E-state index in [1.54, 1.807) is 7.11 Å². The number of rotatable bonds is 3. The standard InChI is InChI=1S/C14H24O2/c1-16-14(15)13(12-9-5-6-10-12)11-7-3-2-4-8-11/h11-13H,2-10H2,1H3. The summed E-state index contributed by atoms with van der Waals surface area (Å²) in [5.41, 5.74) is 0. The number of ether oxygens (including phenoxy) is 1. The van der Waals surface area contributed by atoms with Crippen LogP contribution < -0.4 is 0 Å². The summed E-state index contributed by atoms with van der Waals surface area (Å²) in [5.74, 6) is 1.52. The predicted molar refractivity (Wildman–Crippen MR) is 64.0 cm³/mol. The maximum atomic E-state index is 12.0. The normalized spacial score (nSPS) is 25.6. The molecule has 0 aromatic carbocycles. The van der Waals surface area contributed by atoms with E-state index < -0.39 is 0 Å². The van der Waals surface area contributed by atoms with E-state index in [0.29, 0.717) is 11.8 Å². The third-order valence-corrected chi connectivity index (χ3v) is 4.54. The molecule has 0 spiro atoms. The van der Waals surface area contributed by atoms with Crippen LogP contribution in [0, 0.1) is 17.8 Å². The summed E-state index contributed by atoms with van der Waals surface area (Å²) < 4.78 is 5.04. The van der Waals surface area contributed by atoms with Gasteiger partial charge in [-0.05, 0) is 37.5 Å². The van der Waals surface area contributed by atoms with Gasteiger partial charge >= 0.3 is 5.97 Å². The first-order valence-corrected chi connectivity index (χ1v) is 6.90. The van der Waals surface area contributed by atoms with Gasteiger partial charge in [-0.1, -0.05) is 32.1 Å². The maximum absolute atomic E-state index is 12.0. The predicted octanol–water partition coefficient (Wildman–Crippen LogP) is 3.55. The van der Waals surface area contributed by atoms with Crippen LogP contribution in [-0.4, -0.2) is 13.1 Å². The Morgan fingerprint density at radius 1 is 0.938 bits per heavy atom. The Balaban J connectivity index is 2.03. The molecule has 0 radical (unpaired) electrons. The van der Waals surface area contributed by atoms with Crippen molar-refractivity contribution < 1.29 is 9.53 Å². The van der Waals surface area contributed by atoms with Gasteiger partial charge in [0, 0.05) is 0 Å². The van der Waals surface area contributed by atoms with Crippen LogP contribution in [0.5, 0.6) is 0 Å². The molecule has 2 rings (SSSR count). The van der Waals surface area contributed by atoms with E-state index in [1.165, 1.54) is 57.8 Å². The van der Waals surface area contributed by atoms with Crippen LogP contribution in [0.4, 0.5) is 0 Å². The minimum atomic E-state index is 0.0683.